The Balaban J connectivity index is 0. The standard InChI is InChI=1S/C18H28N2O2.C3H6O.C2H6.CH4/c1-15-10-11-19(14-16-8-6-5-7-9-16)12-13-20(15)17(21)22-18(2,3)4;1-2-3-4;1-2;/h5-9,15H,10-14H2,1-4H3;3H,2H2,1H3;1-2H3;1H4/t15-;;;/m1.../s1. The number of hydrogen-bond donors (Lipinski definition) is 0. The Bertz CT molecular complexity index is 541. The van der Waals surface area contributed by atoms with E-state index in [0.29, 0.717) is 6.42 Å². The summed E-state index contributed by atoms with van der Waals surface area (Å²) in [4.78, 5) is 25.8. The minimum atomic E-state index is -0.438. The zero-order chi connectivity index (χ0) is 21.6. The van der Waals surface area contributed by atoms with Crippen LogP contribution in [0.1, 0.15) is 74.3 Å². The second-order valence-electron chi connectivity index (χ2n) is 7.65. The molecule has 0 N–H and O–H groups in total. The van der Waals surface area contributed by atoms with Crippen LogP contribution >= 0.6 is 0 Å². The van der Waals surface area contributed by atoms with Crippen molar-refractivity contribution in [1.29, 1.82) is 0 Å². The van der Waals surface area contributed by atoms with Crippen LogP contribution in [0.5, 0.6) is 0 Å². The highest BCUT2D eigenvalue weighted by Crippen LogP contribution is 2.17. The van der Waals surface area contributed by atoms with Crippen LogP contribution in [0.25, 0.3) is 0 Å². The van der Waals surface area contributed by atoms with Gasteiger partial charge in [-0.25, -0.2) is 4.79 Å². The normalized spacial score (nSPS) is 16.7. The molecule has 1 saturated heterocycles. The van der Waals surface area contributed by atoms with E-state index in [1.807, 2.05) is 52.5 Å². The van der Waals surface area contributed by atoms with Gasteiger partial charge in [-0.2, -0.15) is 0 Å². The van der Waals surface area contributed by atoms with Crippen molar-refractivity contribution in [3.63, 3.8) is 0 Å². The van der Waals surface area contributed by atoms with Crippen molar-refractivity contribution in [3.8, 4) is 0 Å². The second kappa shape index (κ2) is 16.0. The number of rotatable bonds is 3. The molecule has 0 aromatic heterocycles. The third kappa shape index (κ3) is 13.1. The molecule has 0 aliphatic carbocycles. The fourth-order valence-corrected chi connectivity index (χ4v) is 2.70. The molecule has 1 amide bonds. The van der Waals surface area contributed by atoms with Gasteiger partial charge in [0, 0.05) is 38.6 Å². The van der Waals surface area contributed by atoms with Crippen molar-refractivity contribution in [3.05, 3.63) is 35.9 Å². The largest absolute Gasteiger partial charge is 0.444 e. The highest BCUT2D eigenvalue weighted by atomic mass is 16.6. The number of benzene rings is 1. The van der Waals surface area contributed by atoms with Crippen LogP contribution in [-0.2, 0) is 16.1 Å². The molecular weight excluding hydrogens is 364 g/mol. The highest BCUT2D eigenvalue weighted by molar-refractivity contribution is 5.68. The molecule has 1 heterocycles. The summed E-state index contributed by atoms with van der Waals surface area (Å²) in [6, 6.07) is 10.7. The lowest BCUT2D eigenvalue weighted by molar-refractivity contribution is -0.107. The Kier molecular flexibility index (Phi) is 16.2. The first-order valence-electron chi connectivity index (χ1n) is 10.5. The SMILES string of the molecule is C.CC.CCC=O.C[C@@H]1CCN(Cc2ccccc2)CCN1C(=O)OC(C)(C)C. The van der Waals surface area contributed by atoms with E-state index < -0.39 is 5.60 Å². The summed E-state index contributed by atoms with van der Waals surface area (Å²) in [5.74, 6) is 0. The summed E-state index contributed by atoms with van der Waals surface area (Å²) in [7, 11) is 0. The minimum absolute atomic E-state index is 0. The molecule has 0 radical (unpaired) electrons. The quantitative estimate of drug-likeness (QED) is 0.595. The maximum absolute atomic E-state index is 12.3. The van der Waals surface area contributed by atoms with Crippen molar-refractivity contribution in [2.45, 2.75) is 86.9 Å². The van der Waals surface area contributed by atoms with Gasteiger partial charge in [-0.1, -0.05) is 58.5 Å². The lowest BCUT2D eigenvalue weighted by Gasteiger charge is -2.30. The Labute approximate surface area is 179 Å². The molecule has 1 aromatic carbocycles. The molecule has 0 bridgehead atoms. The maximum atomic E-state index is 12.3. The van der Waals surface area contributed by atoms with E-state index in [0.717, 1.165) is 38.9 Å². The lowest BCUT2D eigenvalue weighted by Crippen LogP contribution is -2.43. The number of aldehydes is 1. The van der Waals surface area contributed by atoms with Gasteiger partial charge < -0.3 is 14.4 Å². The molecule has 0 saturated carbocycles. The van der Waals surface area contributed by atoms with Gasteiger partial charge in [0.15, 0.2) is 0 Å². The number of carbonyl (C=O) groups is 2. The number of carbonyl (C=O) groups excluding carboxylic acids is 2. The summed E-state index contributed by atoms with van der Waals surface area (Å²) in [5.41, 5.74) is 0.883. The molecule has 1 aliphatic rings. The summed E-state index contributed by atoms with van der Waals surface area (Å²) in [6.07, 6.45) is 2.30. The average Bonchev–Trinajstić information content (AvgIpc) is 2.85. The number of nitrogens with zero attached hydrogens (tertiary/aromatic N) is 2. The van der Waals surface area contributed by atoms with E-state index in [1.54, 1.807) is 0 Å². The van der Waals surface area contributed by atoms with Gasteiger partial charge in [-0.15, -0.1) is 0 Å². The molecule has 5 heteroatoms. The van der Waals surface area contributed by atoms with Crippen LogP contribution < -0.4 is 0 Å². The van der Waals surface area contributed by atoms with Crippen LogP contribution in [-0.4, -0.2) is 53.5 Å². The summed E-state index contributed by atoms with van der Waals surface area (Å²) < 4.78 is 5.53. The van der Waals surface area contributed by atoms with Gasteiger partial charge in [-0.3, -0.25) is 4.90 Å². The minimum Gasteiger partial charge on any atom is -0.444 e. The first-order chi connectivity index (χ1) is 13.3. The van der Waals surface area contributed by atoms with Crippen molar-refractivity contribution in [2.75, 3.05) is 19.6 Å². The number of ether oxygens (including phenoxy) is 1. The van der Waals surface area contributed by atoms with Crippen LogP contribution in [0.3, 0.4) is 0 Å². The summed E-state index contributed by atoms with van der Waals surface area (Å²) in [5, 5.41) is 0. The Morgan fingerprint density at radius 2 is 1.69 bits per heavy atom. The molecule has 5 nitrogen and oxygen atoms in total. The zero-order valence-corrected chi connectivity index (χ0v) is 18.9. The van der Waals surface area contributed by atoms with E-state index in [1.165, 1.54) is 5.56 Å². The Hall–Kier alpha value is -1.88. The molecule has 168 valence electrons. The number of hydrogen-bond acceptors (Lipinski definition) is 4. The smallest absolute Gasteiger partial charge is 0.410 e. The highest BCUT2D eigenvalue weighted by Gasteiger charge is 2.28. The molecule has 1 aliphatic heterocycles. The second-order valence-corrected chi connectivity index (χ2v) is 7.65. The topological polar surface area (TPSA) is 49.9 Å². The van der Waals surface area contributed by atoms with Crippen LogP contribution in [0.15, 0.2) is 30.3 Å². The van der Waals surface area contributed by atoms with Crippen LogP contribution in [0.4, 0.5) is 4.79 Å². The predicted octanol–water partition coefficient (Wildman–Crippen LogP) is 5.78. The van der Waals surface area contributed by atoms with Gasteiger partial charge in [0.2, 0.25) is 0 Å². The van der Waals surface area contributed by atoms with Gasteiger partial charge in [0.05, 0.1) is 0 Å². The van der Waals surface area contributed by atoms with Crippen LogP contribution in [0.2, 0.25) is 0 Å². The Morgan fingerprint density at radius 1 is 1.14 bits per heavy atom. The monoisotopic (exact) mass is 408 g/mol. The van der Waals surface area contributed by atoms with Crippen molar-refractivity contribution in [2.24, 2.45) is 0 Å². The van der Waals surface area contributed by atoms with Gasteiger partial charge in [0.25, 0.3) is 0 Å². The van der Waals surface area contributed by atoms with Crippen molar-refractivity contribution < 1.29 is 14.3 Å². The third-order valence-electron chi connectivity index (χ3n) is 4.10. The van der Waals surface area contributed by atoms with Crippen molar-refractivity contribution in [1.82, 2.24) is 9.80 Å². The molecule has 1 fully saturated rings. The van der Waals surface area contributed by atoms with Gasteiger partial charge >= 0.3 is 6.09 Å². The van der Waals surface area contributed by atoms with E-state index in [2.05, 4.69) is 36.1 Å². The molecule has 1 atom stereocenters. The van der Waals surface area contributed by atoms with E-state index in [9.17, 15) is 9.59 Å². The van der Waals surface area contributed by atoms with Gasteiger partial charge in [0.1, 0.15) is 11.9 Å². The van der Waals surface area contributed by atoms with E-state index in [4.69, 9.17) is 4.74 Å². The molecular formula is C24H44N2O3. The maximum Gasteiger partial charge on any atom is 0.410 e. The molecule has 2 rings (SSSR count). The summed E-state index contributed by atoms with van der Waals surface area (Å²) >= 11 is 0. The molecule has 0 unspecified atom stereocenters. The fraction of sp³-hybridized carbons (Fsp3) is 0.667. The van der Waals surface area contributed by atoms with Crippen molar-refractivity contribution >= 4 is 12.4 Å². The first-order valence-corrected chi connectivity index (χ1v) is 10.5. The fourth-order valence-electron chi connectivity index (χ4n) is 2.70. The zero-order valence-electron chi connectivity index (χ0n) is 18.9. The number of amides is 1. The molecule has 1 aromatic rings. The average molecular weight is 409 g/mol. The lowest BCUT2D eigenvalue weighted by atomic mass is 10.2. The van der Waals surface area contributed by atoms with E-state index >= 15 is 0 Å². The van der Waals surface area contributed by atoms with Gasteiger partial charge in [-0.05, 0) is 39.7 Å². The molecule has 29 heavy (non-hydrogen) atoms. The molecule has 0 spiro atoms. The predicted molar refractivity (Wildman–Crippen MR) is 123 cm³/mol. The van der Waals surface area contributed by atoms with E-state index in [-0.39, 0.29) is 19.6 Å². The first kappa shape index (κ1) is 29.3. The third-order valence-corrected chi connectivity index (χ3v) is 4.10. The van der Waals surface area contributed by atoms with Crippen LogP contribution in [0, 0.1) is 0 Å². The Morgan fingerprint density at radius 3 is 2.17 bits per heavy atom. The summed E-state index contributed by atoms with van der Waals surface area (Å²) in [6.45, 7) is 17.2.